The summed E-state index contributed by atoms with van der Waals surface area (Å²) in [5.74, 6) is -0.233. The second kappa shape index (κ2) is 5.89. The maximum atomic E-state index is 11.9. The van der Waals surface area contributed by atoms with Crippen LogP contribution in [0.1, 0.15) is 40.0 Å². The van der Waals surface area contributed by atoms with Gasteiger partial charge in [-0.15, -0.1) is 0 Å². The number of carbonyl (C=O) groups is 2. The maximum absolute atomic E-state index is 11.9. The number of amides is 2. The predicted octanol–water partition coefficient (Wildman–Crippen LogP) is 1.68. The van der Waals surface area contributed by atoms with Gasteiger partial charge in [-0.1, -0.05) is 6.92 Å². The van der Waals surface area contributed by atoms with Crippen molar-refractivity contribution in [2.24, 2.45) is 5.92 Å². The molecule has 0 bridgehead atoms. The summed E-state index contributed by atoms with van der Waals surface area (Å²) in [5, 5.41) is 11.4. The van der Waals surface area contributed by atoms with Crippen molar-refractivity contribution in [3.63, 3.8) is 0 Å². The molecule has 0 spiro atoms. The summed E-state index contributed by atoms with van der Waals surface area (Å²) < 4.78 is 0. The van der Waals surface area contributed by atoms with E-state index in [-0.39, 0.29) is 24.5 Å². The molecule has 1 rings (SSSR count). The van der Waals surface area contributed by atoms with Gasteiger partial charge in [-0.2, -0.15) is 0 Å². The van der Waals surface area contributed by atoms with Crippen molar-refractivity contribution in [1.29, 1.82) is 0 Å². The third-order valence-corrected chi connectivity index (χ3v) is 3.25. The van der Waals surface area contributed by atoms with E-state index < -0.39 is 5.97 Å². The Morgan fingerprint density at radius 1 is 1.47 bits per heavy atom. The number of piperidine rings is 1. The second-order valence-electron chi connectivity index (χ2n) is 5.12. The Balaban J connectivity index is 2.44. The highest BCUT2D eigenvalue weighted by molar-refractivity contribution is 5.76. The van der Waals surface area contributed by atoms with Crippen LogP contribution in [0.5, 0.6) is 0 Å². The van der Waals surface area contributed by atoms with Crippen LogP contribution in [0.2, 0.25) is 0 Å². The molecule has 2 N–H and O–H groups in total. The minimum atomic E-state index is -0.891. The molecule has 17 heavy (non-hydrogen) atoms. The van der Waals surface area contributed by atoms with E-state index in [0.717, 1.165) is 19.4 Å². The molecule has 1 aliphatic rings. The van der Waals surface area contributed by atoms with E-state index in [1.54, 1.807) is 11.8 Å². The number of hydrogen-bond acceptors (Lipinski definition) is 2. The quantitative estimate of drug-likeness (QED) is 0.791. The molecule has 0 aliphatic carbocycles. The summed E-state index contributed by atoms with van der Waals surface area (Å²) in [6.45, 7) is 6.70. The average molecular weight is 242 g/mol. The smallest absolute Gasteiger partial charge is 0.317 e. The van der Waals surface area contributed by atoms with Gasteiger partial charge < -0.3 is 15.3 Å². The molecule has 0 radical (unpaired) electrons. The lowest BCUT2D eigenvalue weighted by atomic mass is 9.94. The Morgan fingerprint density at radius 2 is 2.12 bits per heavy atom. The minimum Gasteiger partial charge on any atom is -0.481 e. The van der Waals surface area contributed by atoms with Gasteiger partial charge >= 0.3 is 12.0 Å². The number of urea groups is 1. The monoisotopic (exact) mass is 242 g/mol. The number of nitrogens with one attached hydrogen (secondary N) is 1. The summed E-state index contributed by atoms with van der Waals surface area (Å²) in [7, 11) is 0. The molecule has 0 aromatic heterocycles. The number of likely N-dealkylation sites (tertiary alicyclic amines) is 1. The molecular formula is C12H22N2O3. The fourth-order valence-corrected chi connectivity index (χ4v) is 2.32. The number of hydrogen-bond donors (Lipinski definition) is 2. The van der Waals surface area contributed by atoms with Crippen LogP contribution in [-0.4, -0.2) is 40.6 Å². The van der Waals surface area contributed by atoms with Crippen LogP contribution in [0.3, 0.4) is 0 Å². The van der Waals surface area contributed by atoms with Crippen LogP contribution < -0.4 is 5.32 Å². The number of carboxylic acids is 1. The molecule has 1 fully saturated rings. The standard InChI is InChI=1S/C12H22N2O3/c1-8-4-5-14(10(3)6-8)12(17)13-9(2)7-11(15)16/h8-10H,4-7H2,1-3H3,(H,13,17)(H,15,16). The van der Waals surface area contributed by atoms with E-state index in [1.807, 2.05) is 6.92 Å². The normalized spacial score (nSPS) is 26.4. The van der Waals surface area contributed by atoms with Crippen molar-refractivity contribution in [3.8, 4) is 0 Å². The largest absolute Gasteiger partial charge is 0.481 e. The van der Waals surface area contributed by atoms with Crippen molar-refractivity contribution in [1.82, 2.24) is 10.2 Å². The zero-order valence-corrected chi connectivity index (χ0v) is 10.8. The first-order chi connectivity index (χ1) is 7.90. The van der Waals surface area contributed by atoms with Gasteiger partial charge in [0.1, 0.15) is 0 Å². The maximum Gasteiger partial charge on any atom is 0.317 e. The topological polar surface area (TPSA) is 69.6 Å². The molecule has 98 valence electrons. The molecule has 5 heteroatoms. The first-order valence-electron chi connectivity index (χ1n) is 6.19. The zero-order valence-electron chi connectivity index (χ0n) is 10.8. The van der Waals surface area contributed by atoms with Crippen molar-refractivity contribution in [2.45, 2.75) is 52.1 Å². The lowest BCUT2D eigenvalue weighted by Gasteiger charge is -2.37. The second-order valence-corrected chi connectivity index (χ2v) is 5.12. The zero-order chi connectivity index (χ0) is 13.0. The summed E-state index contributed by atoms with van der Waals surface area (Å²) in [5.41, 5.74) is 0. The van der Waals surface area contributed by atoms with Gasteiger partial charge in [0.2, 0.25) is 0 Å². The summed E-state index contributed by atoms with van der Waals surface area (Å²) in [6.07, 6.45) is 2.00. The molecule has 0 aromatic carbocycles. The Morgan fingerprint density at radius 3 is 2.65 bits per heavy atom. The number of carbonyl (C=O) groups excluding carboxylic acids is 1. The summed E-state index contributed by atoms with van der Waals surface area (Å²) in [4.78, 5) is 24.2. The van der Waals surface area contributed by atoms with Crippen molar-refractivity contribution in [2.75, 3.05) is 6.54 Å². The Bertz CT molecular complexity index is 293. The van der Waals surface area contributed by atoms with E-state index >= 15 is 0 Å². The third-order valence-electron chi connectivity index (χ3n) is 3.25. The highest BCUT2D eigenvalue weighted by atomic mass is 16.4. The van der Waals surface area contributed by atoms with Crippen LogP contribution in [0.4, 0.5) is 4.79 Å². The summed E-state index contributed by atoms with van der Waals surface area (Å²) >= 11 is 0. The predicted molar refractivity (Wildman–Crippen MR) is 64.8 cm³/mol. The molecule has 5 nitrogen and oxygen atoms in total. The van der Waals surface area contributed by atoms with Crippen molar-refractivity contribution in [3.05, 3.63) is 0 Å². The SMILES string of the molecule is CC1CCN(C(=O)NC(C)CC(=O)O)C(C)C1. The first kappa shape index (κ1) is 13.8. The van der Waals surface area contributed by atoms with Gasteiger partial charge in [-0.3, -0.25) is 4.79 Å². The first-order valence-corrected chi connectivity index (χ1v) is 6.19. The van der Waals surface area contributed by atoms with Gasteiger partial charge in [0, 0.05) is 18.6 Å². The molecular weight excluding hydrogens is 220 g/mol. The van der Waals surface area contributed by atoms with E-state index in [0.29, 0.717) is 5.92 Å². The Kier molecular flexibility index (Phi) is 4.78. The molecule has 3 atom stereocenters. The van der Waals surface area contributed by atoms with Gasteiger partial charge in [-0.05, 0) is 32.6 Å². The molecule has 2 amide bonds. The van der Waals surface area contributed by atoms with Crippen LogP contribution in [0, 0.1) is 5.92 Å². The molecule has 0 saturated carbocycles. The van der Waals surface area contributed by atoms with Crippen LogP contribution in [0.15, 0.2) is 0 Å². The molecule has 3 unspecified atom stereocenters. The fraction of sp³-hybridized carbons (Fsp3) is 0.833. The van der Waals surface area contributed by atoms with E-state index in [2.05, 4.69) is 12.2 Å². The lowest BCUT2D eigenvalue weighted by molar-refractivity contribution is -0.137. The number of rotatable bonds is 3. The van der Waals surface area contributed by atoms with Crippen molar-refractivity contribution >= 4 is 12.0 Å². The Hall–Kier alpha value is -1.26. The van der Waals surface area contributed by atoms with Crippen LogP contribution >= 0.6 is 0 Å². The third kappa shape index (κ3) is 4.24. The van der Waals surface area contributed by atoms with Gasteiger partial charge in [0.05, 0.1) is 6.42 Å². The molecule has 1 heterocycles. The minimum absolute atomic E-state index is 0.0373. The number of nitrogens with zero attached hydrogens (tertiary/aromatic N) is 1. The molecule has 0 aromatic rings. The van der Waals surface area contributed by atoms with Crippen LogP contribution in [-0.2, 0) is 4.79 Å². The van der Waals surface area contributed by atoms with E-state index in [4.69, 9.17) is 5.11 Å². The fourth-order valence-electron chi connectivity index (χ4n) is 2.32. The molecule has 1 saturated heterocycles. The van der Waals surface area contributed by atoms with E-state index in [9.17, 15) is 9.59 Å². The van der Waals surface area contributed by atoms with E-state index in [1.165, 1.54) is 0 Å². The molecule has 1 aliphatic heterocycles. The number of aliphatic carboxylic acids is 1. The summed E-state index contributed by atoms with van der Waals surface area (Å²) in [6, 6.07) is -0.236. The highest BCUT2D eigenvalue weighted by Gasteiger charge is 2.27. The Labute approximate surface area is 102 Å². The van der Waals surface area contributed by atoms with Gasteiger partial charge in [0.25, 0.3) is 0 Å². The highest BCUT2D eigenvalue weighted by Crippen LogP contribution is 2.21. The average Bonchev–Trinajstić information content (AvgIpc) is 2.15. The van der Waals surface area contributed by atoms with Gasteiger partial charge in [0.15, 0.2) is 0 Å². The van der Waals surface area contributed by atoms with Crippen molar-refractivity contribution < 1.29 is 14.7 Å². The lowest BCUT2D eigenvalue weighted by Crippen LogP contribution is -2.51. The van der Waals surface area contributed by atoms with Gasteiger partial charge in [-0.25, -0.2) is 4.79 Å². The number of carboxylic acid groups (broad SMARTS) is 1. The van der Waals surface area contributed by atoms with Crippen LogP contribution in [0.25, 0.3) is 0 Å².